The average molecular weight is 398 g/mol. The van der Waals surface area contributed by atoms with Gasteiger partial charge >= 0.3 is 6.09 Å². The molecule has 3 rings (SSSR count). The van der Waals surface area contributed by atoms with Crippen LogP contribution in [0, 0.1) is 5.41 Å². The topological polar surface area (TPSA) is 67.9 Å². The predicted molar refractivity (Wildman–Crippen MR) is 105 cm³/mol. The molecule has 0 bridgehead atoms. The molecule has 1 heterocycles. The number of benzene rings is 1. The molecule has 1 aliphatic carbocycles. The number of fused-ring (bicyclic) bond motifs is 1. The predicted octanol–water partition coefficient (Wildman–Crippen LogP) is 4.60. The van der Waals surface area contributed by atoms with Crippen LogP contribution in [0.1, 0.15) is 46.1 Å². The first kappa shape index (κ1) is 19.3. The molecule has 0 spiro atoms. The number of carbonyl (C=O) groups is 1. The number of halogens is 2. The van der Waals surface area contributed by atoms with Gasteiger partial charge < -0.3 is 15.5 Å². The van der Waals surface area contributed by atoms with Crippen LogP contribution < -0.4 is 5.84 Å². The van der Waals surface area contributed by atoms with Crippen molar-refractivity contribution in [2.75, 3.05) is 13.1 Å². The molecule has 7 heteroatoms. The molecular weight excluding hydrogens is 373 g/mol. The van der Waals surface area contributed by atoms with Crippen LogP contribution >= 0.6 is 23.2 Å². The van der Waals surface area contributed by atoms with Gasteiger partial charge in [0.2, 0.25) is 0 Å². The number of piperidine rings is 1. The zero-order chi connectivity index (χ0) is 19.3. The highest BCUT2D eigenvalue weighted by molar-refractivity contribution is 6.42. The number of hydrogen-bond donors (Lipinski definition) is 1. The van der Waals surface area contributed by atoms with Crippen molar-refractivity contribution in [3.05, 3.63) is 33.8 Å². The summed E-state index contributed by atoms with van der Waals surface area (Å²) in [6.45, 7) is 8.69. The second kappa shape index (κ2) is 6.31. The van der Waals surface area contributed by atoms with Gasteiger partial charge in [0.25, 0.3) is 0 Å². The van der Waals surface area contributed by atoms with E-state index < -0.39 is 5.60 Å². The van der Waals surface area contributed by atoms with Gasteiger partial charge in [-0.3, -0.25) is 0 Å². The Morgan fingerprint density at radius 3 is 2.58 bits per heavy atom. The fourth-order valence-corrected chi connectivity index (χ4v) is 4.55. The highest BCUT2D eigenvalue weighted by Gasteiger charge is 2.72. The summed E-state index contributed by atoms with van der Waals surface area (Å²) in [4.78, 5) is 14.3. The molecule has 2 aliphatic rings. The molecule has 0 aromatic heterocycles. The van der Waals surface area contributed by atoms with Gasteiger partial charge in [-0.1, -0.05) is 29.3 Å². The Bertz CT molecular complexity index is 775. The van der Waals surface area contributed by atoms with Crippen LogP contribution in [0.25, 0.3) is 0 Å². The molecule has 5 nitrogen and oxygen atoms in total. The van der Waals surface area contributed by atoms with Crippen molar-refractivity contribution in [1.82, 2.24) is 4.90 Å². The summed E-state index contributed by atoms with van der Waals surface area (Å²) in [5, 5.41) is 5.06. The van der Waals surface area contributed by atoms with Gasteiger partial charge in [-0.15, -0.1) is 0 Å². The number of carbonyl (C=O) groups excluding carboxylic acids is 1. The van der Waals surface area contributed by atoms with Crippen LogP contribution in [-0.4, -0.2) is 35.4 Å². The summed E-state index contributed by atoms with van der Waals surface area (Å²) in [5.41, 5.74) is 1.04. The number of nitrogens with zero attached hydrogens (tertiary/aromatic N) is 2. The van der Waals surface area contributed by atoms with Gasteiger partial charge in [-0.2, -0.15) is 5.10 Å². The number of ether oxygens (including phenoxy) is 1. The first-order chi connectivity index (χ1) is 12.0. The number of hydrogen-bond acceptors (Lipinski definition) is 4. The Morgan fingerprint density at radius 2 is 2.00 bits per heavy atom. The molecule has 2 unspecified atom stereocenters. The minimum Gasteiger partial charge on any atom is -0.444 e. The fourth-order valence-electron chi connectivity index (χ4n) is 4.25. The van der Waals surface area contributed by atoms with Gasteiger partial charge in [0, 0.05) is 29.6 Å². The van der Waals surface area contributed by atoms with Crippen molar-refractivity contribution >= 4 is 35.0 Å². The minimum absolute atomic E-state index is 0.118. The van der Waals surface area contributed by atoms with Crippen molar-refractivity contribution < 1.29 is 9.53 Å². The molecule has 1 saturated carbocycles. The van der Waals surface area contributed by atoms with Gasteiger partial charge in [0.1, 0.15) is 5.60 Å². The van der Waals surface area contributed by atoms with Crippen molar-refractivity contribution in [3.8, 4) is 0 Å². The smallest absolute Gasteiger partial charge is 0.410 e. The van der Waals surface area contributed by atoms with Crippen LogP contribution in [0.2, 0.25) is 10.0 Å². The highest BCUT2D eigenvalue weighted by atomic mass is 35.5. The van der Waals surface area contributed by atoms with E-state index in [1.54, 1.807) is 4.90 Å². The summed E-state index contributed by atoms with van der Waals surface area (Å²) in [5.74, 6) is 5.64. The quantitative estimate of drug-likeness (QED) is 0.450. The van der Waals surface area contributed by atoms with Gasteiger partial charge in [-0.25, -0.2) is 4.79 Å². The van der Waals surface area contributed by atoms with Crippen molar-refractivity contribution in [2.45, 2.75) is 51.6 Å². The lowest BCUT2D eigenvalue weighted by Crippen LogP contribution is -2.49. The van der Waals surface area contributed by atoms with E-state index in [4.69, 9.17) is 33.8 Å². The Kier molecular flexibility index (Phi) is 4.68. The van der Waals surface area contributed by atoms with E-state index >= 15 is 0 Å². The molecule has 142 valence electrons. The lowest BCUT2D eigenvalue weighted by molar-refractivity contribution is 0.0176. The lowest BCUT2D eigenvalue weighted by atomic mass is 9.78. The molecule has 1 aromatic rings. The van der Waals surface area contributed by atoms with Crippen molar-refractivity contribution in [2.24, 2.45) is 16.4 Å². The second-order valence-corrected chi connectivity index (χ2v) is 9.15. The van der Waals surface area contributed by atoms with Crippen LogP contribution in [0.15, 0.2) is 23.3 Å². The third kappa shape index (κ3) is 3.05. The maximum Gasteiger partial charge on any atom is 0.410 e. The van der Waals surface area contributed by atoms with E-state index in [-0.39, 0.29) is 16.9 Å². The summed E-state index contributed by atoms with van der Waals surface area (Å²) >= 11 is 12.3. The van der Waals surface area contributed by atoms with Gasteiger partial charge in [0.15, 0.2) is 0 Å². The summed E-state index contributed by atoms with van der Waals surface area (Å²) < 4.78 is 5.55. The Morgan fingerprint density at radius 1 is 1.31 bits per heavy atom. The normalized spacial score (nSPS) is 28.5. The molecule has 26 heavy (non-hydrogen) atoms. The molecule has 2 N–H and O–H groups in total. The molecule has 2 atom stereocenters. The monoisotopic (exact) mass is 397 g/mol. The van der Waals surface area contributed by atoms with Crippen LogP contribution in [0.5, 0.6) is 0 Å². The standard InChI is InChI=1S/C19H25Cl2N3O2/c1-12(23-22)19-10-18(19,13-5-6-14(20)15(21)9-13)7-8-24(11-19)16(25)26-17(2,3)4/h5-6,9H,7-8,10-11,22H2,1-4H3/b23-12+. The molecule has 2 fully saturated rings. The first-order valence-electron chi connectivity index (χ1n) is 8.73. The van der Waals surface area contributed by atoms with E-state index in [0.29, 0.717) is 23.1 Å². The Labute approximate surface area is 164 Å². The van der Waals surface area contributed by atoms with E-state index in [1.165, 1.54) is 0 Å². The Balaban J connectivity index is 1.92. The van der Waals surface area contributed by atoms with Gasteiger partial charge in [-0.05, 0) is 58.2 Å². The van der Waals surface area contributed by atoms with Crippen molar-refractivity contribution in [1.29, 1.82) is 0 Å². The number of amides is 1. The molecule has 1 saturated heterocycles. The maximum atomic E-state index is 12.6. The molecule has 1 aromatic carbocycles. The van der Waals surface area contributed by atoms with E-state index in [0.717, 1.165) is 24.1 Å². The summed E-state index contributed by atoms with van der Waals surface area (Å²) in [6.07, 6.45) is 1.39. The van der Waals surface area contributed by atoms with Crippen LogP contribution in [0.4, 0.5) is 4.79 Å². The van der Waals surface area contributed by atoms with Crippen LogP contribution in [0.3, 0.4) is 0 Å². The maximum absolute atomic E-state index is 12.6. The SMILES string of the molecule is C/C(=N\N)C12CN(C(=O)OC(C)(C)C)CCC1(c1ccc(Cl)c(Cl)c1)C2. The molecule has 0 radical (unpaired) electrons. The second-order valence-electron chi connectivity index (χ2n) is 8.34. The average Bonchev–Trinajstić information content (AvgIpc) is 3.26. The van der Waals surface area contributed by atoms with Gasteiger partial charge in [0.05, 0.1) is 10.0 Å². The summed E-state index contributed by atoms with van der Waals surface area (Å²) in [6, 6.07) is 5.77. The zero-order valence-electron chi connectivity index (χ0n) is 15.6. The Hall–Kier alpha value is -1.46. The van der Waals surface area contributed by atoms with E-state index in [2.05, 4.69) is 5.10 Å². The number of rotatable bonds is 2. The zero-order valence-corrected chi connectivity index (χ0v) is 17.1. The summed E-state index contributed by atoms with van der Waals surface area (Å²) in [7, 11) is 0. The fraction of sp³-hybridized carbons (Fsp3) is 0.579. The minimum atomic E-state index is -0.525. The molecule has 1 amide bonds. The molecular formula is C19H25Cl2N3O2. The third-order valence-corrected chi connectivity index (χ3v) is 6.41. The highest BCUT2D eigenvalue weighted by Crippen LogP contribution is 2.69. The number of nitrogens with two attached hydrogens (primary N) is 1. The van der Waals surface area contributed by atoms with E-state index in [9.17, 15) is 4.79 Å². The van der Waals surface area contributed by atoms with Crippen LogP contribution in [-0.2, 0) is 10.2 Å². The van der Waals surface area contributed by atoms with E-state index in [1.807, 2.05) is 45.9 Å². The van der Waals surface area contributed by atoms with Crippen molar-refractivity contribution in [3.63, 3.8) is 0 Å². The first-order valence-corrected chi connectivity index (χ1v) is 9.49. The molecule has 1 aliphatic heterocycles. The lowest BCUT2D eigenvalue weighted by Gasteiger charge is -2.38. The number of likely N-dealkylation sites (tertiary alicyclic amines) is 1. The third-order valence-electron chi connectivity index (χ3n) is 5.67. The largest absolute Gasteiger partial charge is 0.444 e. The number of hydrazone groups is 1.